The predicted molar refractivity (Wildman–Crippen MR) is 56.1 cm³/mol. The minimum absolute atomic E-state index is 0.818. The smallest absolute Gasteiger partial charge is 0.00747 e. The monoisotopic (exact) mass is 169 g/mol. The van der Waals surface area contributed by atoms with Crippen LogP contribution in [0.1, 0.15) is 45.4 Å². The number of hydrogen-bond acceptors (Lipinski definition) is 1. The lowest BCUT2D eigenvalue weighted by molar-refractivity contribution is 0.467. The fourth-order valence-electron chi connectivity index (χ4n) is 1.39. The molecule has 0 aliphatic rings. The van der Waals surface area contributed by atoms with E-state index >= 15 is 0 Å². The van der Waals surface area contributed by atoms with E-state index in [1.807, 2.05) is 6.08 Å². The van der Waals surface area contributed by atoms with E-state index in [9.17, 15) is 0 Å². The Labute approximate surface area is 77.0 Å². The number of nitrogens with two attached hydrogens (primary N) is 1. The van der Waals surface area contributed by atoms with Gasteiger partial charge in [0, 0.05) is 0 Å². The molecule has 1 nitrogen and oxygen atoms in total. The molecular formula is C11H23N. The van der Waals surface area contributed by atoms with Crippen LogP contribution in [0.25, 0.3) is 0 Å². The van der Waals surface area contributed by atoms with Crippen molar-refractivity contribution in [2.24, 2.45) is 11.7 Å². The van der Waals surface area contributed by atoms with E-state index in [0.29, 0.717) is 0 Å². The molecule has 0 aromatic carbocycles. The largest absolute Gasteiger partial charge is 0.330 e. The van der Waals surface area contributed by atoms with E-state index in [4.69, 9.17) is 5.73 Å². The van der Waals surface area contributed by atoms with Crippen molar-refractivity contribution in [2.75, 3.05) is 6.54 Å². The SMILES string of the molecule is C=CCCCCCC(C)CCN. The van der Waals surface area contributed by atoms with Gasteiger partial charge < -0.3 is 5.73 Å². The Morgan fingerprint density at radius 3 is 2.58 bits per heavy atom. The van der Waals surface area contributed by atoms with Gasteiger partial charge in [-0.25, -0.2) is 0 Å². The van der Waals surface area contributed by atoms with Gasteiger partial charge in [0.15, 0.2) is 0 Å². The van der Waals surface area contributed by atoms with E-state index in [-0.39, 0.29) is 0 Å². The van der Waals surface area contributed by atoms with Crippen LogP contribution in [-0.4, -0.2) is 6.54 Å². The van der Waals surface area contributed by atoms with Gasteiger partial charge in [-0.2, -0.15) is 0 Å². The molecule has 0 aromatic heterocycles. The van der Waals surface area contributed by atoms with Crippen LogP contribution in [0.3, 0.4) is 0 Å². The summed E-state index contributed by atoms with van der Waals surface area (Å²) < 4.78 is 0. The van der Waals surface area contributed by atoms with Crippen molar-refractivity contribution in [2.45, 2.75) is 45.4 Å². The molecule has 0 radical (unpaired) electrons. The molecule has 0 aliphatic heterocycles. The van der Waals surface area contributed by atoms with Gasteiger partial charge >= 0.3 is 0 Å². The van der Waals surface area contributed by atoms with Crippen molar-refractivity contribution in [3.05, 3.63) is 12.7 Å². The van der Waals surface area contributed by atoms with Crippen LogP contribution in [0.5, 0.6) is 0 Å². The molecule has 1 atom stereocenters. The van der Waals surface area contributed by atoms with Gasteiger partial charge in [0.2, 0.25) is 0 Å². The number of hydrogen-bond donors (Lipinski definition) is 1. The second kappa shape index (κ2) is 8.79. The summed E-state index contributed by atoms with van der Waals surface area (Å²) in [7, 11) is 0. The van der Waals surface area contributed by atoms with Crippen molar-refractivity contribution < 1.29 is 0 Å². The summed E-state index contributed by atoms with van der Waals surface area (Å²) in [6.45, 7) is 6.84. The number of unbranched alkanes of at least 4 members (excludes halogenated alkanes) is 3. The normalized spacial score (nSPS) is 12.8. The summed E-state index contributed by atoms with van der Waals surface area (Å²) in [5.74, 6) is 0.818. The number of rotatable bonds is 8. The molecule has 12 heavy (non-hydrogen) atoms. The highest BCUT2D eigenvalue weighted by molar-refractivity contribution is 4.65. The van der Waals surface area contributed by atoms with Crippen molar-refractivity contribution in [3.8, 4) is 0 Å². The standard InChI is InChI=1S/C11H23N/c1-3-4-5-6-7-8-11(2)9-10-12/h3,11H,1,4-10,12H2,2H3. The molecule has 0 amide bonds. The molecule has 0 fully saturated rings. The third kappa shape index (κ3) is 7.80. The molecule has 0 spiro atoms. The molecule has 0 bridgehead atoms. The molecular weight excluding hydrogens is 146 g/mol. The Bertz CT molecular complexity index is 99.2. The average Bonchev–Trinajstić information content (AvgIpc) is 2.05. The predicted octanol–water partition coefficient (Wildman–Crippen LogP) is 3.11. The highest BCUT2D eigenvalue weighted by atomic mass is 14.5. The molecule has 0 rings (SSSR count). The third-order valence-electron chi connectivity index (χ3n) is 2.26. The summed E-state index contributed by atoms with van der Waals surface area (Å²) in [5.41, 5.74) is 5.47. The maximum absolute atomic E-state index is 5.47. The lowest BCUT2D eigenvalue weighted by Gasteiger charge is -2.08. The minimum atomic E-state index is 0.818. The van der Waals surface area contributed by atoms with Crippen molar-refractivity contribution in [1.82, 2.24) is 0 Å². The van der Waals surface area contributed by atoms with Crippen LogP contribution in [0, 0.1) is 5.92 Å². The molecule has 1 heteroatoms. The molecule has 0 saturated carbocycles. The first-order chi connectivity index (χ1) is 5.81. The van der Waals surface area contributed by atoms with Gasteiger partial charge in [-0.3, -0.25) is 0 Å². The van der Waals surface area contributed by atoms with Crippen LogP contribution >= 0.6 is 0 Å². The van der Waals surface area contributed by atoms with E-state index in [1.54, 1.807) is 0 Å². The highest BCUT2D eigenvalue weighted by Crippen LogP contribution is 2.12. The highest BCUT2D eigenvalue weighted by Gasteiger charge is 1.99. The van der Waals surface area contributed by atoms with Gasteiger partial charge in [-0.05, 0) is 31.7 Å². The zero-order valence-electron chi connectivity index (χ0n) is 8.39. The van der Waals surface area contributed by atoms with Crippen LogP contribution in [-0.2, 0) is 0 Å². The first kappa shape index (κ1) is 11.7. The quantitative estimate of drug-likeness (QED) is 0.438. The maximum Gasteiger partial charge on any atom is -0.00747 e. The van der Waals surface area contributed by atoms with E-state index in [2.05, 4.69) is 13.5 Å². The van der Waals surface area contributed by atoms with Crippen LogP contribution in [0.2, 0.25) is 0 Å². The summed E-state index contributed by atoms with van der Waals surface area (Å²) in [6.07, 6.45) is 9.71. The Hall–Kier alpha value is -0.300. The molecule has 2 N–H and O–H groups in total. The van der Waals surface area contributed by atoms with Crippen LogP contribution in [0.15, 0.2) is 12.7 Å². The third-order valence-corrected chi connectivity index (χ3v) is 2.26. The molecule has 0 heterocycles. The van der Waals surface area contributed by atoms with Crippen LogP contribution < -0.4 is 5.73 Å². The van der Waals surface area contributed by atoms with Gasteiger partial charge in [-0.1, -0.05) is 32.3 Å². The first-order valence-corrected chi connectivity index (χ1v) is 5.12. The van der Waals surface area contributed by atoms with E-state index in [1.165, 1.54) is 38.5 Å². The second-order valence-corrected chi connectivity index (χ2v) is 3.61. The Kier molecular flexibility index (Phi) is 8.57. The maximum atomic E-state index is 5.47. The lowest BCUT2D eigenvalue weighted by Crippen LogP contribution is -2.05. The van der Waals surface area contributed by atoms with E-state index in [0.717, 1.165) is 12.5 Å². The fraction of sp³-hybridized carbons (Fsp3) is 0.818. The van der Waals surface area contributed by atoms with Gasteiger partial charge in [-0.15, -0.1) is 6.58 Å². The summed E-state index contributed by atoms with van der Waals surface area (Å²) in [6, 6.07) is 0. The molecule has 0 saturated heterocycles. The number of allylic oxidation sites excluding steroid dienone is 1. The minimum Gasteiger partial charge on any atom is -0.330 e. The Morgan fingerprint density at radius 2 is 2.00 bits per heavy atom. The molecule has 72 valence electrons. The first-order valence-electron chi connectivity index (χ1n) is 5.12. The zero-order chi connectivity index (χ0) is 9.23. The molecule has 0 aromatic rings. The van der Waals surface area contributed by atoms with Crippen LogP contribution in [0.4, 0.5) is 0 Å². The van der Waals surface area contributed by atoms with Gasteiger partial charge in [0.25, 0.3) is 0 Å². The molecule has 0 aliphatic carbocycles. The van der Waals surface area contributed by atoms with Gasteiger partial charge in [0.1, 0.15) is 0 Å². The Morgan fingerprint density at radius 1 is 1.25 bits per heavy atom. The van der Waals surface area contributed by atoms with Crippen molar-refractivity contribution in [1.29, 1.82) is 0 Å². The zero-order valence-corrected chi connectivity index (χ0v) is 8.39. The fourth-order valence-corrected chi connectivity index (χ4v) is 1.39. The van der Waals surface area contributed by atoms with Crippen molar-refractivity contribution >= 4 is 0 Å². The lowest BCUT2D eigenvalue weighted by atomic mass is 9.99. The van der Waals surface area contributed by atoms with Gasteiger partial charge in [0.05, 0.1) is 0 Å². The van der Waals surface area contributed by atoms with E-state index < -0.39 is 0 Å². The summed E-state index contributed by atoms with van der Waals surface area (Å²) in [4.78, 5) is 0. The summed E-state index contributed by atoms with van der Waals surface area (Å²) >= 11 is 0. The topological polar surface area (TPSA) is 26.0 Å². The Balaban J connectivity index is 3.02. The molecule has 1 unspecified atom stereocenters. The second-order valence-electron chi connectivity index (χ2n) is 3.61. The summed E-state index contributed by atoms with van der Waals surface area (Å²) in [5, 5.41) is 0. The van der Waals surface area contributed by atoms with Crippen molar-refractivity contribution in [3.63, 3.8) is 0 Å². The average molecular weight is 169 g/mol.